The van der Waals surface area contributed by atoms with Crippen LogP contribution >= 0.6 is 0 Å². The molecular formula is C16H28N2O6S. The van der Waals surface area contributed by atoms with Crippen molar-refractivity contribution in [3.63, 3.8) is 0 Å². The zero-order chi connectivity index (χ0) is 18.4. The Morgan fingerprint density at radius 1 is 1.24 bits per heavy atom. The molecule has 8 nitrogen and oxygen atoms in total. The fourth-order valence-electron chi connectivity index (χ4n) is 3.56. The first-order valence-electron chi connectivity index (χ1n) is 8.81. The predicted octanol–water partition coefficient (Wildman–Crippen LogP) is 0.530. The largest absolute Gasteiger partial charge is 0.480 e. The highest BCUT2D eigenvalue weighted by Crippen LogP contribution is 2.22. The first kappa shape index (κ1) is 20.1. The third-order valence-electron chi connectivity index (χ3n) is 4.98. The molecule has 0 aromatic carbocycles. The van der Waals surface area contributed by atoms with Crippen LogP contribution in [0.15, 0.2) is 0 Å². The Hall–Kier alpha value is -1.19. The highest BCUT2D eigenvalue weighted by atomic mass is 32.2. The zero-order valence-corrected chi connectivity index (χ0v) is 15.5. The van der Waals surface area contributed by atoms with Gasteiger partial charge in [-0.15, -0.1) is 0 Å². The SMILES string of the molecule is CS(=O)(=O)N1CCC(N(CC(=O)O)C(=O)CC[C@H]2CCCOC2)CC1. The van der Waals surface area contributed by atoms with Crippen LogP contribution in [0.25, 0.3) is 0 Å². The number of piperidine rings is 1. The quantitative estimate of drug-likeness (QED) is 0.695. The molecule has 2 aliphatic heterocycles. The van der Waals surface area contributed by atoms with Gasteiger partial charge >= 0.3 is 5.97 Å². The topological polar surface area (TPSA) is 104 Å². The summed E-state index contributed by atoms with van der Waals surface area (Å²) in [5.74, 6) is -0.845. The van der Waals surface area contributed by atoms with Crippen LogP contribution in [0.2, 0.25) is 0 Å². The number of ether oxygens (including phenoxy) is 1. The predicted molar refractivity (Wildman–Crippen MR) is 91.6 cm³/mol. The Kier molecular flexibility index (Phi) is 7.21. The summed E-state index contributed by atoms with van der Waals surface area (Å²) in [7, 11) is -3.24. The smallest absolute Gasteiger partial charge is 0.323 e. The number of carbonyl (C=O) groups excluding carboxylic acids is 1. The molecule has 2 rings (SSSR count). The molecule has 25 heavy (non-hydrogen) atoms. The lowest BCUT2D eigenvalue weighted by Crippen LogP contribution is -2.50. The summed E-state index contributed by atoms with van der Waals surface area (Å²) in [4.78, 5) is 25.2. The van der Waals surface area contributed by atoms with Gasteiger partial charge in [-0.1, -0.05) is 0 Å². The minimum absolute atomic E-state index is 0.161. The second-order valence-corrected chi connectivity index (χ2v) is 8.91. The standard InChI is InChI=1S/C16H28N2O6S/c1-25(22,23)17-8-6-14(7-9-17)18(11-16(20)21)15(19)5-4-13-3-2-10-24-12-13/h13-14H,2-12H2,1H3,(H,20,21)/t13-/m1/s1. The number of sulfonamides is 1. The summed E-state index contributed by atoms with van der Waals surface area (Å²) in [6, 6.07) is -0.218. The molecule has 0 radical (unpaired) electrons. The van der Waals surface area contributed by atoms with Crippen molar-refractivity contribution >= 4 is 21.9 Å². The summed E-state index contributed by atoms with van der Waals surface area (Å²) >= 11 is 0. The number of hydrogen-bond acceptors (Lipinski definition) is 5. The average molecular weight is 376 g/mol. The third kappa shape index (κ3) is 6.23. The fraction of sp³-hybridized carbons (Fsp3) is 0.875. The number of carboxylic acid groups (broad SMARTS) is 1. The molecule has 0 aromatic heterocycles. The summed E-state index contributed by atoms with van der Waals surface area (Å²) in [5.41, 5.74) is 0. The maximum Gasteiger partial charge on any atom is 0.323 e. The van der Waals surface area contributed by atoms with Crippen molar-refractivity contribution in [2.24, 2.45) is 5.92 Å². The van der Waals surface area contributed by atoms with Crippen molar-refractivity contribution in [2.45, 2.75) is 44.6 Å². The number of carboxylic acids is 1. The van der Waals surface area contributed by atoms with Gasteiger partial charge in [-0.05, 0) is 38.0 Å². The van der Waals surface area contributed by atoms with E-state index in [9.17, 15) is 18.0 Å². The van der Waals surface area contributed by atoms with Crippen LogP contribution in [-0.4, -0.2) is 79.8 Å². The minimum Gasteiger partial charge on any atom is -0.480 e. The normalized spacial score (nSPS) is 23.3. The third-order valence-corrected chi connectivity index (χ3v) is 6.28. The molecular weight excluding hydrogens is 348 g/mol. The van der Waals surface area contributed by atoms with Gasteiger partial charge in [-0.2, -0.15) is 0 Å². The first-order chi connectivity index (χ1) is 11.8. The Balaban J connectivity index is 1.91. The molecule has 0 aliphatic carbocycles. The molecule has 2 fully saturated rings. The molecule has 144 valence electrons. The van der Waals surface area contributed by atoms with Gasteiger partial charge in [-0.3, -0.25) is 9.59 Å². The van der Waals surface area contributed by atoms with Crippen molar-refractivity contribution in [1.29, 1.82) is 0 Å². The molecule has 2 aliphatic rings. The van der Waals surface area contributed by atoms with Crippen LogP contribution in [-0.2, 0) is 24.3 Å². The van der Waals surface area contributed by atoms with Crippen molar-refractivity contribution < 1.29 is 27.9 Å². The van der Waals surface area contributed by atoms with E-state index in [1.807, 2.05) is 0 Å². The van der Waals surface area contributed by atoms with E-state index in [0.29, 0.717) is 51.3 Å². The van der Waals surface area contributed by atoms with E-state index in [0.717, 1.165) is 19.4 Å². The number of amides is 1. The maximum atomic E-state index is 12.6. The van der Waals surface area contributed by atoms with Crippen LogP contribution < -0.4 is 0 Å². The molecule has 9 heteroatoms. The second kappa shape index (κ2) is 8.95. The second-order valence-electron chi connectivity index (χ2n) is 6.93. The molecule has 0 spiro atoms. The molecule has 0 aromatic rings. The van der Waals surface area contributed by atoms with Gasteiger partial charge < -0.3 is 14.7 Å². The van der Waals surface area contributed by atoms with Crippen LogP contribution in [0, 0.1) is 5.92 Å². The Bertz CT molecular complexity index is 565. The van der Waals surface area contributed by atoms with Gasteiger partial charge in [-0.25, -0.2) is 12.7 Å². The van der Waals surface area contributed by atoms with E-state index in [-0.39, 0.29) is 18.5 Å². The van der Waals surface area contributed by atoms with Crippen LogP contribution in [0.1, 0.15) is 38.5 Å². The monoisotopic (exact) mass is 376 g/mol. The molecule has 1 atom stereocenters. The highest BCUT2D eigenvalue weighted by Gasteiger charge is 2.32. The van der Waals surface area contributed by atoms with Gasteiger partial charge in [0.15, 0.2) is 0 Å². The molecule has 1 amide bonds. The van der Waals surface area contributed by atoms with Crippen molar-refractivity contribution in [3.8, 4) is 0 Å². The van der Waals surface area contributed by atoms with E-state index >= 15 is 0 Å². The number of hydrogen-bond donors (Lipinski definition) is 1. The lowest BCUT2D eigenvalue weighted by Gasteiger charge is -2.37. The summed E-state index contributed by atoms with van der Waals surface area (Å²) in [6.07, 6.45) is 5.17. The maximum absolute atomic E-state index is 12.6. The van der Waals surface area contributed by atoms with Gasteiger partial charge in [0.25, 0.3) is 0 Å². The number of nitrogens with zero attached hydrogens (tertiary/aromatic N) is 2. The zero-order valence-electron chi connectivity index (χ0n) is 14.7. The van der Waals surface area contributed by atoms with Crippen molar-refractivity contribution in [2.75, 3.05) is 39.1 Å². The van der Waals surface area contributed by atoms with E-state index in [1.54, 1.807) is 0 Å². The summed E-state index contributed by atoms with van der Waals surface area (Å²) in [5, 5.41) is 9.14. The van der Waals surface area contributed by atoms with E-state index in [2.05, 4.69) is 0 Å². The summed E-state index contributed by atoms with van der Waals surface area (Å²) in [6.45, 7) is 1.75. The first-order valence-corrected chi connectivity index (χ1v) is 10.7. The molecule has 2 saturated heterocycles. The van der Waals surface area contributed by atoms with Gasteiger partial charge in [0.1, 0.15) is 6.54 Å². The van der Waals surface area contributed by atoms with E-state index in [4.69, 9.17) is 9.84 Å². The van der Waals surface area contributed by atoms with Gasteiger partial charge in [0, 0.05) is 38.8 Å². The number of aliphatic carboxylic acids is 1. The van der Waals surface area contributed by atoms with Crippen LogP contribution in [0.5, 0.6) is 0 Å². The molecule has 0 bridgehead atoms. The molecule has 1 N–H and O–H groups in total. The molecule has 0 unspecified atom stereocenters. The van der Waals surface area contributed by atoms with Crippen molar-refractivity contribution in [1.82, 2.24) is 9.21 Å². The van der Waals surface area contributed by atoms with E-state index < -0.39 is 16.0 Å². The van der Waals surface area contributed by atoms with Gasteiger partial charge in [0.05, 0.1) is 6.26 Å². The Labute approximate surface area is 149 Å². The Morgan fingerprint density at radius 3 is 2.44 bits per heavy atom. The average Bonchev–Trinajstić information content (AvgIpc) is 2.58. The fourth-order valence-corrected chi connectivity index (χ4v) is 4.43. The minimum atomic E-state index is -3.24. The number of rotatable bonds is 7. The lowest BCUT2D eigenvalue weighted by molar-refractivity contribution is -0.147. The highest BCUT2D eigenvalue weighted by molar-refractivity contribution is 7.88. The van der Waals surface area contributed by atoms with Gasteiger partial charge in [0.2, 0.25) is 15.9 Å². The molecule has 0 saturated carbocycles. The Morgan fingerprint density at radius 2 is 1.92 bits per heavy atom. The van der Waals surface area contributed by atoms with Crippen LogP contribution in [0.3, 0.4) is 0 Å². The van der Waals surface area contributed by atoms with Crippen LogP contribution in [0.4, 0.5) is 0 Å². The molecule has 2 heterocycles. The number of carbonyl (C=O) groups is 2. The van der Waals surface area contributed by atoms with Crippen molar-refractivity contribution in [3.05, 3.63) is 0 Å². The summed E-state index contributed by atoms with van der Waals surface area (Å²) < 4.78 is 30.0. The van der Waals surface area contributed by atoms with E-state index in [1.165, 1.54) is 15.5 Å². The lowest BCUT2D eigenvalue weighted by atomic mass is 9.96.